The van der Waals surface area contributed by atoms with Gasteiger partial charge < -0.3 is 0 Å². The number of rotatable bonds is 8. The van der Waals surface area contributed by atoms with Gasteiger partial charge in [0.1, 0.15) is 0 Å². The summed E-state index contributed by atoms with van der Waals surface area (Å²) in [4.78, 5) is 2.92. The lowest BCUT2D eigenvalue weighted by Gasteiger charge is -2.48. The predicted molar refractivity (Wildman–Crippen MR) is 89.2 cm³/mol. The van der Waals surface area contributed by atoms with Crippen molar-refractivity contribution in [3.63, 3.8) is 0 Å². The number of nitrogens with zero attached hydrogens (tertiary/aromatic N) is 1. The zero-order valence-electron chi connectivity index (χ0n) is 14.0. The molecule has 2 fully saturated rings. The van der Waals surface area contributed by atoms with Gasteiger partial charge in [0.15, 0.2) is 0 Å². The minimum absolute atomic E-state index is 0.628. The largest absolute Gasteiger partial charge is 0.298 e. The molecule has 0 amide bonds. The van der Waals surface area contributed by atoms with Crippen molar-refractivity contribution in [2.75, 3.05) is 13.1 Å². The fraction of sp³-hybridized carbons (Fsp3) is 1.00. The zero-order valence-corrected chi connectivity index (χ0v) is 14.0. The molecule has 20 heavy (non-hydrogen) atoms. The lowest BCUT2D eigenvalue weighted by atomic mass is 9.76. The van der Waals surface area contributed by atoms with Crippen LogP contribution in [0, 0.1) is 0 Å². The molecule has 2 aliphatic rings. The van der Waals surface area contributed by atoms with Gasteiger partial charge in [0.2, 0.25) is 0 Å². The molecule has 1 nitrogen and oxygen atoms in total. The molecule has 1 heterocycles. The van der Waals surface area contributed by atoms with Gasteiger partial charge in [0.25, 0.3) is 0 Å². The summed E-state index contributed by atoms with van der Waals surface area (Å²) in [6.07, 6.45) is 22.1. The molecule has 1 saturated carbocycles. The number of likely N-dealkylation sites (tertiary alicyclic amines) is 1. The minimum atomic E-state index is 0.628. The molecule has 0 N–H and O–H groups in total. The van der Waals surface area contributed by atoms with Crippen molar-refractivity contribution in [2.45, 2.75) is 109 Å². The zero-order chi connectivity index (χ0) is 14.1. The average Bonchev–Trinajstić information content (AvgIpc) is 2.52. The van der Waals surface area contributed by atoms with Crippen LogP contribution in [0.2, 0.25) is 0 Å². The van der Waals surface area contributed by atoms with Gasteiger partial charge in [-0.05, 0) is 45.2 Å². The summed E-state index contributed by atoms with van der Waals surface area (Å²) < 4.78 is 0. The van der Waals surface area contributed by atoms with Crippen molar-refractivity contribution in [3.8, 4) is 0 Å². The molecule has 0 aromatic rings. The Morgan fingerprint density at radius 2 is 1.30 bits per heavy atom. The van der Waals surface area contributed by atoms with Crippen molar-refractivity contribution in [1.29, 1.82) is 0 Å². The van der Waals surface area contributed by atoms with Crippen LogP contribution in [-0.2, 0) is 0 Å². The fourth-order valence-corrected chi connectivity index (χ4v) is 4.54. The topological polar surface area (TPSA) is 3.24 Å². The van der Waals surface area contributed by atoms with E-state index < -0.39 is 0 Å². The van der Waals surface area contributed by atoms with Gasteiger partial charge >= 0.3 is 0 Å². The Bertz CT molecular complexity index is 236. The Hall–Kier alpha value is -0.0400. The van der Waals surface area contributed by atoms with E-state index in [1.807, 2.05) is 0 Å². The first-order valence-electron chi connectivity index (χ1n) is 9.62. The summed E-state index contributed by atoms with van der Waals surface area (Å²) in [6, 6.07) is 0. The van der Waals surface area contributed by atoms with Crippen molar-refractivity contribution in [2.24, 2.45) is 0 Å². The monoisotopic (exact) mass is 279 g/mol. The third-order valence-corrected chi connectivity index (χ3v) is 5.81. The maximum atomic E-state index is 2.92. The van der Waals surface area contributed by atoms with E-state index in [4.69, 9.17) is 0 Å². The van der Waals surface area contributed by atoms with Crippen molar-refractivity contribution >= 4 is 0 Å². The van der Waals surface area contributed by atoms with Gasteiger partial charge in [0.05, 0.1) is 0 Å². The Morgan fingerprint density at radius 1 is 0.700 bits per heavy atom. The van der Waals surface area contributed by atoms with Crippen LogP contribution in [0.3, 0.4) is 0 Å². The highest BCUT2D eigenvalue weighted by atomic mass is 15.2. The molecule has 0 aromatic heterocycles. The lowest BCUT2D eigenvalue weighted by Crippen LogP contribution is -2.52. The van der Waals surface area contributed by atoms with Crippen molar-refractivity contribution in [1.82, 2.24) is 4.90 Å². The second-order valence-electron chi connectivity index (χ2n) is 7.35. The van der Waals surface area contributed by atoms with Gasteiger partial charge in [-0.25, -0.2) is 0 Å². The van der Waals surface area contributed by atoms with Gasteiger partial charge in [-0.2, -0.15) is 0 Å². The lowest BCUT2D eigenvalue weighted by molar-refractivity contribution is 0.0244. The van der Waals surface area contributed by atoms with Crippen LogP contribution in [-0.4, -0.2) is 23.5 Å². The van der Waals surface area contributed by atoms with Gasteiger partial charge in [-0.3, -0.25) is 4.90 Å². The van der Waals surface area contributed by atoms with E-state index in [0.717, 1.165) is 0 Å². The van der Waals surface area contributed by atoms with Gasteiger partial charge in [-0.15, -0.1) is 0 Å². The van der Waals surface area contributed by atoms with E-state index in [1.54, 1.807) is 0 Å². The van der Waals surface area contributed by atoms with Gasteiger partial charge in [-0.1, -0.05) is 71.1 Å². The summed E-state index contributed by atoms with van der Waals surface area (Å²) in [5, 5.41) is 0. The Balaban J connectivity index is 1.77. The highest BCUT2D eigenvalue weighted by Crippen LogP contribution is 2.39. The first-order valence-corrected chi connectivity index (χ1v) is 9.62. The number of unbranched alkanes of at least 4 members (excludes halogenated alkanes) is 5. The maximum Gasteiger partial charge on any atom is 0.0209 e. The first kappa shape index (κ1) is 16.3. The number of piperidine rings is 1. The van der Waals surface area contributed by atoms with Crippen molar-refractivity contribution in [3.05, 3.63) is 0 Å². The molecule has 0 aromatic carbocycles. The minimum Gasteiger partial charge on any atom is -0.298 e. The van der Waals surface area contributed by atoms with Crippen LogP contribution in [0.5, 0.6) is 0 Å². The van der Waals surface area contributed by atoms with E-state index in [9.17, 15) is 0 Å². The molecule has 1 aliphatic carbocycles. The van der Waals surface area contributed by atoms with E-state index in [1.165, 1.54) is 109 Å². The second kappa shape index (κ2) is 9.07. The molecule has 1 heteroatoms. The van der Waals surface area contributed by atoms with E-state index in [2.05, 4.69) is 11.8 Å². The average molecular weight is 280 g/mol. The molecule has 118 valence electrons. The van der Waals surface area contributed by atoms with E-state index in [0.29, 0.717) is 5.54 Å². The van der Waals surface area contributed by atoms with Crippen LogP contribution in [0.4, 0.5) is 0 Å². The first-order chi connectivity index (χ1) is 9.87. The molecular weight excluding hydrogens is 242 g/mol. The smallest absolute Gasteiger partial charge is 0.0209 e. The molecular formula is C19H37N. The number of hydrogen-bond acceptors (Lipinski definition) is 1. The summed E-state index contributed by atoms with van der Waals surface area (Å²) in [5.74, 6) is 0. The molecule has 0 unspecified atom stereocenters. The molecule has 0 atom stereocenters. The summed E-state index contributed by atoms with van der Waals surface area (Å²) in [6.45, 7) is 5.11. The fourth-order valence-electron chi connectivity index (χ4n) is 4.54. The standard InChI is InChI=1S/C19H37N/c1-2-3-4-5-6-9-14-19(15-10-7-11-16-19)20-17-12-8-13-18-20/h2-18H2,1H3. The van der Waals surface area contributed by atoms with Crippen LogP contribution in [0.25, 0.3) is 0 Å². The quantitative estimate of drug-likeness (QED) is 0.498. The van der Waals surface area contributed by atoms with Crippen LogP contribution in [0.15, 0.2) is 0 Å². The molecule has 1 aliphatic heterocycles. The summed E-state index contributed by atoms with van der Waals surface area (Å²) >= 11 is 0. The highest BCUT2D eigenvalue weighted by molar-refractivity contribution is 4.94. The molecule has 2 rings (SSSR count). The van der Waals surface area contributed by atoms with E-state index in [-0.39, 0.29) is 0 Å². The summed E-state index contributed by atoms with van der Waals surface area (Å²) in [7, 11) is 0. The molecule has 0 bridgehead atoms. The molecule has 1 saturated heterocycles. The number of hydrogen-bond donors (Lipinski definition) is 0. The third-order valence-electron chi connectivity index (χ3n) is 5.81. The van der Waals surface area contributed by atoms with Crippen LogP contribution in [0.1, 0.15) is 103 Å². The predicted octanol–water partition coefficient (Wildman–Crippen LogP) is 5.93. The SMILES string of the molecule is CCCCCCCCC1(N2CCCCC2)CCCCC1. The van der Waals surface area contributed by atoms with Crippen LogP contribution >= 0.6 is 0 Å². The second-order valence-corrected chi connectivity index (χ2v) is 7.35. The molecule has 0 radical (unpaired) electrons. The van der Waals surface area contributed by atoms with Gasteiger partial charge in [0, 0.05) is 5.54 Å². The van der Waals surface area contributed by atoms with Crippen LogP contribution < -0.4 is 0 Å². The Kier molecular flexibility index (Phi) is 7.41. The maximum absolute atomic E-state index is 2.92. The van der Waals surface area contributed by atoms with E-state index >= 15 is 0 Å². The Labute approximate surface area is 127 Å². The summed E-state index contributed by atoms with van der Waals surface area (Å²) in [5.41, 5.74) is 0.628. The van der Waals surface area contributed by atoms with Crippen molar-refractivity contribution < 1.29 is 0 Å². The normalized spacial score (nSPS) is 23.9. The molecule has 0 spiro atoms. The highest BCUT2D eigenvalue weighted by Gasteiger charge is 2.37. The Morgan fingerprint density at radius 3 is 2.00 bits per heavy atom. The third kappa shape index (κ3) is 4.76.